The Kier molecular flexibility index (Phi) is 7.03. The van der Waals surface area contributed by atoms with Crippen LogP contribution >= 0.6 is 0 Å². The van der Waals surface area contributed by atoms with E-state index in [1.54, 1.807) is 33.2 Å². The number of benzene rings is 2. The monoisotopic (exact) mass is 417 g/mol. The second kappa shape index (κ2) is 9.89. The summed E-state index contributed by atoms with van der Waals surface area (Å²) in [5, 5.41) is 5.71. The molecule has 0 bridgehead atoms. The fourth-order valence-corrected chi connectivity index (χ4v) is 3.08. The van der Waals surface area contributed by atoms with E-state index >= 15 is 0 Å². The van der Waals surface area contributed by atoms with Gasteiger partial charge in [-0.15, -0.1) is 0 Å². The lowest BCUT2D eigenvalue weighted by molar-refractivity contribution is -0.116. The van der Waals surface area contributed by atoms with Gasteiger partial charge in [0, 0.05) is 18.1 Å². The number of hydrogen-bond donors (Lipinski definition) is 2. The van der Waals surface area contributed by atoms with Crippen molar-refractivity contribution >= 4 is 17.7 Å². The van der Waals surface area contributed by atoms with Gasteiger partial charge in [-0.1, -0.05) is 42.5 Å². The number of aromatic nitrogens is 1. The standard InChI is InChI=1S/C25H27N3O3/c1-25(2,3)31-24(30)28-22(20-7-5-4-6-8-20)17-23(29)27-21-11-9-18(10-12-21)19-13-15-26-16-14-19/h4-16,22H,17H2,1-3H3,(H,27,29)(H,28,30)/t22-/m0/s1. The number of amides is 2. The van der Waals surface area contributed by atoms with Gasteiger partial charge in [0.15, 0.2) is 0 Å². The Labute approximate surface area is 182 Å². The van der Waals surface area contributed by atoms with Crippen molar-refractivity contribution in [2.45, 2.75) is 38.8 Å². The van der Waals surface area contributed by atoms with Gasteiger partial charge in [-0.3, -0.25) is 9.78 Å². The molecule has 160 valence electrons. The first-order chi connectivity index (χ1) is 14.8. The van der Waals surface area contributed by atoms with Crippen molar-refractivity contribution in [2.75, 3.05) is 5.32 Å². The van der Waals surface area contributed by atoms with Crippen molar-refractivity contribution in [1.82, 2.24) is 10.3 Å². The number of pyridine rings is 1. The SMILES string of the molecule is CC(C)(C)OC(=O)N[C@@H](CC(=O)Nc1ccc(-c2ccncc2)cc1)c1ccccc1. The molecule has 1 aromatic heterocycles. The number of anilines is 1. The van der Waals surface area contributed by atoms with E-state index in [0.29, 0.717) is 5.69 Å². The van der Waals surface area contributed by atoms with E-state index < -0.39 is 17.7 Å². The lowest BCUT2D eigenvalue weighted by Gasteiger charge is -2.23. The van der Waals surface area contributed by atoms with E-state index in [2.05, 4.69) is 15.6 Å². The van der Waals surface area contributed by atoms with E-state index in [9.17, 15) is 9.59 Å². The molecule has 0 saturated heterocycles. The molecule has 0 aliphatic rings. The fourth-order valence-electron chi connectivity index (χ4n) is 3.08. The molecule has 0 saturated carbocycles. The second-order valence-electron chi connectivity index (χ2n) is 8.18. The molecule has 6 nitrogen and oxygen atoms in total. The predicted octanol–water partition coefficient (Wildman–Crippen LogP) is 5.34. The van der Waals surface area contributed by atoms with Crippen LogP contribution in [0.4, 0.5) is 10.5 Å². The number of rotatable bonds is 6. The Morgan fingerprint density at radius 3 is 2.13 bits per heavy atom. The van der Waals surface area contributed by atoms with Gasteiger partial charge in [0.05, 0.1) is 12.5 Å². The van der Waals surface area contributed by atoms with Crippen LogP contribution in [0.5, 0.6) is 0 Å². The maximum absolute atomic E-state index is 12.7. The zero-order valence-corrected chi connectivity index (χ0v) is 18.0. The molecular weight excluding hydrogens is 390 g/mol. The fraction of sp³-hybridized carbons (Fsp3) is 0.240. The first kappa shape index (κ1) is 22.0. The first-order valence-electron chi connectivity index (χ1n) is 10.1. The molecule has 0 unspecified atom stereocenters. The van der Waals surface area contributed by atoms with Crippen LogP contribution in [0, 0.1) is 0 Å². The molecule has 0 aliphatic heterocycles. The summed E-state index contributed by atoms with van der Waals surface area (Å²) < 4.78 is 5.36. The van der Waals surface area contributed by atoms with Crippen molar-refractivity contribution < 1.29 is 14.3 Å². The van der Waals surface area contributed by atoms with Crippen molar-refractivity contribution in [3.05, 3.63) is 84.7 Å². The molecule has 1 heterocycles. The highest BCUT2D eigenvalue weighted by Crippen LogP contribution is 2.22. The summed E-state index contributed by atoms with van der Waals surface area (Å²) in [6.45, 7) is 5.39. The summed E-state index contributed by atoms with van der Waals surface area (Å²) in [5.74, 6) is -0.207. The van der Waals surface area contributed by atoms with E-state index in [1.807, 2.05) is 66.7 Å². The number of ether oxygens (including phenoxy) is 1. The van der Waals surface area contributed by atoms with Gasteiger partial charge in [0.2, 0.25) is 5.91 Å². The Bertz CT molecular complexity index is 998. The van der Waals surface area contributed by atoms with Crippen LogP contribution in [0.25, 0.3) is 11.1 Å². The third-order valence-corrected chi connectivity index (χ3v) is 4.46. The van der Waals surface area contributed by atoms with Crippen molar-refractivity contribution in [3.63, 3.8) is 0 Å². The number of carbonyl (C=O) groups is 2. The smallest absolute Gasteiger partial charge is 0.408 e. The van der Waals surface area contributed by atoms with Gasteiger partial charge in [-0.25, -0.2) is 4.79 Å². The third-order valence-electron chi connectivity index (χ3n) is 4.46. The molecule has 31 heavy (non-hydrogen) atoms. The average molecular weight is 418 g/mol. The zero-order chi connectivity index (χ0) is 22.3. The molecule has 1 atom stereocenters. The summed E-state index contributed by atoms with van der Waals surface area (Å²) in [6.07, 6.45) is 3.00. The minimum absolute atomic E-state index is 0.0787. The maximum atomic E-state index is 12.7. The average Bonchev–Trinajstić information content (AvgIpc) is 2.74. The minimum Gasteiger partial charge on any atom is -0.444 e. The lowest BCUT2D eigenvalue weighted by atomic mass is 10.0. The van der Waals surface area contributed by atoms with Crippen LogP contribution < -0.4 is 10.6 Å². The minimum atomic E-state index is -0.621. The number of hydrogen-bond acceptors (Lipinski definition) is 4. The molecule has 0 fully saturated rings. The molecule has 0 radical (unpaired) electrons. The summed E-state index contributed by atoms with van der Waals surface area (Å²) in [5.41, 5.74) is 2.99. The molecule has 3 rings (SSSR count). The van der Waals surface area contributed by atoms with Gasteiger partial charge in [0.1, 0.15) is 5.60 Å². The summed E-state index contributed by atoms with van der Waals surface area (Å²) in [6, 6.07) is 20.3. The van der Waals surface area contributed by atoms with Gasteiger partial charge < -0.3 is 15.4 Å². The van der Waals surface area contributed by atoms with Gasteiger partial charge in [-0.05, 0) is 61.7 Å². The van der Waals surface area contributed by atoms with Gasteiger partial charge >= 0.3 is 6.09 Å². The maximum Gasteiger partial charge on any atom is 0.408 e. The van der Waals surface area contributed by atoms with Crippen LogP contribution in [0.1, 0.15) is 38.8 Å². The Morgan fingerprint density at radius 2 is 1.52 bits per heavy atom. The van der Waals surface area contributed by atoms with E-state index in [1.165, 1.54) is 0 Å². The van der Waals surface area contributed by atoms with Crippen LogP contribution in [0.2, 0.25) is 0 Å². The number of carbonyl (C=O) groups excluding carboxylic acids is 2. The Balaban J connectivity index is 1.66. The summed E-state index contributed by atoms with van der Waals surface area (Å²) in [4.78, 5) is 29.0. The van der Waals surface area contributed by atoms with Crippen molar-refractivity contribution in [2.24, 2.45) is 0 Å². The Morgan fingerprint density at radius 1 is 0.903 bits per heavy atom. The molecule has 6 heteroatoms. The molecule has 2 N–H and O–H groups in total. The van der Waals surface area contributed by atoms with Crippen LogP contribution in [0.3, 0.4) is 0 Å². The summed E-state index contributed by atoms with van der Waals surface area (Å²) >= 11 is 0. The van der Waals surface area contributed by atoms with Gasteiger partial charge in [-0.2, -0.15) is 0 Å². The molecule has 2 aromatic carbocycles. The second-order valence-corrected chi connectivity index (χ2v) is 8.18. The highest BCUT2D eigenvalue weighted by atomic mass is 16.6. The number of nitrogens with zero attached hydrogens (tertiary/aromatic N) is 1. The van der Waals surface area contributed by atoms with Crippen LogP contribution in [-0.2, 0) is 9.53 Å². The first-order valence-corrected chi connectivity index (χ1v) is 10.1. The molecule has 0 aliphatic carbocycles. The zero-order valence-electron chi connectivity index (χ0n) is 18.0. The van der Waals surface area contributed by atoms with Gasteiger partial charge in [0.25, 0.3) is 0 Å². The topological polar surface area (TPSA) is 80.3 Å². The third kappa shape index (κ3) is 6.96. The highest BCUT2D eigenvalue weighted by molar-refractivity contribution is 5.91. The Hall–Kier alpha value is -3.67. The number of nitrogens with one attached hydrogen (secondary N) is 2. The summed E-state index contributed by atoms with van der Waals surface area (Å²) in [7, 11) is 0. The molecular formula is C25H27N3O3. The number of alkyl carbamates (subject to hydrolysis) is 1. The van der Waals surface area contributed by atoms with Crippen LogP contribution in [-0.4, -0.2) is 22.6 Å². The van der Waals surface area contributed by atoms with E-state index in [4.69, 9.17) is 4.74 Å². The van der Waals surface area contributed by atoms with E-state index in [-0.39, 0.29) is 12.3 Å². The van der Waals surface area contributed by atoms with Crippen molar-refractivity contribution in [1.29, 1.82) is 0 Å². The molecule has 3 aromatic rings. The molecule has 2 amide bonds. The largest absolute Gasteiger partial charge is 0.444 e. The van der Waals surface area contributed by atoms with Crippen LogP contribution in [0.15, 0.2) is 79.1 Å². The predicted molar refractivity (Wildman–Crippen MR) is 121 cm³/mol. The molecule has 0 spiro atoms. The van der Waals surface area contributed by atoms with E-state index in [0.717, 1.165) is 16.7 Å². The lowest BCUT2D eigenvalue weighted by Crippen LogP contribution is -2.36. The highest BCUT2D eigenvalue weighted by Gasteiger charge is 2.22. The normalized spacial score (nSPS) is 12.0. The van der Waals surface area contributed by atoms with Crippen molar-refractivity contribution in [3.8, 4) is 11.1 Å². The quantitative estimate of drug-likeness (QED) is 0.567.